The Hall–Kier alpha value is -3.09. The maximum atomic E-state index is 14.2. The molecule has 1 aliphatic heterocycles. The topological polar surface area (TPSA) is 60.0 Å². The Labute approximate surface area is 183 Å². The van der Waals surface area contributed by atoms with Crippen LogP contribution in [0.1, 0.15) is 18.4 Å². The van der Waals surface area contributed by atoms with E-state index in [0.717, 1.165) is 31.5 Å². The molecule has 1 heterocycles. The van der Waals surface area contributed by atoms with Gasteiger partial charge in [-0.2, -0.15) is 0 Å². The monoisotopic (exact) mass is 423 g/mol. The van der Waals surface area contributed by atoms with Gasteiger partial charge < -0.3 is 20.4 Å². The van der Waals surface area contributed by atoms with Gasteiger partial charge in [0.1, 0.15) is 5.82 Å². The van der Waals surface area contributed by atoms with Crippen LogP contribution >= 0.6 is 0 Å². The molecule has 7 heteroatoms. The molecule has 2 aromatic carbocycles. The number of para-hydroxylation sites is 1. The van der Waals surface area contributed by atoms with Crippen molar-refractivity contribution in [1.82, 2.24) is 15.5 Å². The zero-order valence-electron chi connectivity index (χ0n) is 18.0. The summed E-state index contributed by atoms with van der Waals surface area (Å²) in [5.74, 6) is 0.472. The van der Waals surface area contributed by atoms with Crippen molar-refractivity contribution in [3.05, 3.63) is 66.0 Å². The summed E-state index contributed by atoms with van der Waals surface area (Å²) in [6, 6.07) is 17.2. The van der Waals surface area contributed by atoms with Crippen molar-refractivity contribution in [3.8, 4) is 0 Å². The molecule has 1 amide bonds. The third kappa shape index (κ3) is 4.98. The van der Waals surface area contributed by atoms with E-state index in [1.807, 2.05) is 35.2 Å². The predicted molar refractivity (Wildman–Crippen MR) is 122 cm³/mol. The highest BCUT2D eigenvalue weighted by Gasteiger charge is 2.45. The smallest absolute Gasteiger partial charge is 0.242 e. The van der Waals surface area contributed by atoms with E-state index >= 15 is 0 Å². The van der Waals surface area contributed by atoms with Crippen LogP contribution in [-0.4, -0.2) is 63.1 Å². The summed E-state index contributed by atoms with van der Waals surface area (Å²) in [6.45, 7) is 3.85. The average molecular weight is 424 g/mol. The first kappa shape index (κ1) is 21.2. The first-order valence-electron chi connectivity index (χ1n) is 10.9. The van der Waals surface area contributed by atoms with E-state index in [9.17, 15) is 9.18 Å². The molecule has 1 saturated carbocycles. The van der Waals surface area contributed by atoms with Gasteiger partial charge in [-0.1, -0.05) is 36.4 Å². The lowest BCUT2D eigenvalue weighted by molar-refractivity contribution is -0.130. The Bertz CT molecular complexity index is 921. The molecule has 0 unspecified atom stereocenters. The summed E-state index contributed by atoms with van der Waals surface area (Å²) in [6.07, 6.45) is 1.89. The van der Waals surface area contributed by atoms with Crippen LogP contribution in [0.4, 0.5) is 10.1 Å². The Morgan fingerprint density at radius 3 is 2.32 bits per heavy atom. The highest BCUT2D eigenvalue weighted by Crippen LogP contribution is 2.48. The number of halogens is 1. The number of guanidine groups is 1. The Morgan fingerprint density at radius 2 is 1.68 bits per heavy atom. The molecule has 2 aliphatic rings. The number of rotatable bonds is 6. The van der Waals surface area contributed by atoms with E-state index in [2.05, 4.69) is 32.7 Å². The average Bonchev–Trinajstić information content (AvgIpc) is 3.61. The standard InChI is InChI=1S/C24H30FN5O/c1-26-23(28-18-24(11-12-24)20-9-5-6-10-21(20)25)27-17-22(31)30-15-13-29(14-16-30)19-7-3-2-4-8-19/h2-10H,11-18H2,1H3,(H2,26,27,28). The fraction of sp³-hybridized carbons (Fsp3) is 0.417. The molecular weight excluding hydrogens is 393 g/mol. The van der Waals surface area contributed by atoms with Crippen LogP contribution in [0.5, 0.6) is 0 Å². The predicted octanol–water partition coefficient (Wildman–Crippen LogP) is 2.37. The van der Waals surface area contributed by atoms with Gasteiger partial charge in [-0.25, -0.2) is 4.39 Å². The van der Waals surface area contributed by atoms with Gasteiger partial charge in [0.25, 0.3) is 0 Å². The van der Waals surface area contributed by atoms with E-state index in [4.69, 9.17) is 0 Å². The van der Waals surface area contributed by atoms with Gasteiger partial charge in [-0.15, -0.1) is 0 Å². The SMILES string of the molecule is CN=C(NCC(=O)N1CCN(c2ccccc2)CC1)NCC1(c2ccccc2F)CC1. The zero-order valence-corrected chi connectivity index (χ0v) is 18.0. The van der Waals surface area contributed by atoms with Gasteiger partial charge in [0.2, 0.25) is 5.91 Å². The number of aliphatic imine (C=N–C) groups is 1. The first-order valence-corrected chi connectivity index (χ1v) is 10.9. The molecule has 0 atom stereocenters. The normalized spacial score (nSPS) is 17.9. The molecule has 31 heavy (non-hydrogen) atoms. The third-order valence-electron chi connectivity index (χ3n) is 6.28. The lowest BCUT2D eigenvalue weighted by Crippen LogP contribution is -2.52. The number of hydrogen-bond acceptors (Lipinski definition) is 3. The Balaban J connectivity index is 1.23. The summed E-state index contributed by atoms with van der Waals surface area (Å²) < 4.78 is 14.2. The van der Waals surface area contributed by atoms with Gasteiger partial charge >= 0.3 is 0 Å². The molecule has 2 aromatic rings. The van der Waals surface area contributed by atoms with Crippen molar-refractivity contribution in [2.45, 2.75) is 18.3 Å². The summed E-state index contributed by atoms with van der Waals surface area (Å²) >= 11 is 0. The van der Waals surface area contributed by atoms with Crippen molar-refractivity contribution in [2.24, 2.45) is 4.99 Å². The molecule has 6 nitrogen and oxygen atoms in total. The van der Waals surface area contributed by atoms with Crippen molar-refractivity contribution < 1.29 is 9.18 Å². The summed E-state index contributed by atoms with van der Waals surface area (Å²) in [4.78, 5) is 21.1. The van der Waals surface area contributed by atoms with Gasteiger partial charge in [0, 0.05) is 50.9 Å². The fourth-order valence-electron chi connectivity index (χ4n) is 4.18. The maximum absolute atomic E-state index is 14.2. The first-order chi connectivity index (χ1) is 15.1. The van der Waals surface area contributed by atoms with E-state index < -0.39 is 0 Å². The molecule has 0 spiro atoms. The quantitative estimate of drug-likeness (QED) is 0.553. The minimum Gasteiger partial charge on any atom is -0.368 e. The third-order valence-corrected chi connectivity index (χ3v) is 6.28. The van der Waals surface area contributed by atoms with Crippen molar-refractivity contribution in [2.75, 3.05) is 51.2 Å². The van der Waals surface area contributed by atoms with Crippen LogP contribution in [0.15, 0.2) is 59.6 Å². The highest BCUT2D eigenvalue weighted by molar-refractivity contribution is 5.86. The minimum atomic E-state index is -0.180. The van der Waals surface area contributed by atoms with Gasteiger partial charge in [0.15, 0.2) is 5.96 Å². The second kappa shape index (κ2) is 9.37. The molecule has 0 bridgehead atoms. The highest BCUT2D eigenvalue weighted by atomic mass is 19.1. The molecule has 1 saturated heterocycles. The summed E-state index contributed by atoms with van der Waals surface area (Å²) in [5, 5.41) is 6.39. The second-order valence-corrected chi connectivity index (χ2v) is 8.24. The Morgan fingerprint density at radius 1 is 1.00 bits per heavy atom. The van der Waals surface area contributed by atoms with Crippen molar-refractivity contribution in [1.29, 1.82) is 0 Å². The van der Waals surface area contributed by atoms with Gasteiger partial charge in [-0.05, 0) is 36.6 Å². The van der Waals surface area contributed by atoms with Crippen LogP contribution in [-0.2, 0) is 10.2 Å². The maximum Gasteiger partial charge on any atom is 0.242 e. The molecule has 2 fully saturated rings. The van der Waals surface area contributed by atoms with Crippen molar-refractivity contribution >= 4 is 17.6 Å². The van der Waals surface area contributed by atoms with E-state index in [1.54, 1.807) is 13.1 Å². The fourth-order valence-corrected chi connectivity index (χ4v) is 4.18. The largest absolute Gasteiger partial charge is 0.368 e. The number of anilines is 1. The molecule has 0 radical (unpaired) electrons. The number of nitrogens with one attached hydrogen (secondary N) is 2. The number of amides is 1. The molecule has 164 valence electrons. The number of benzene rings is 2. The van der Waals surface area contributed by atoms with Crippen LogP contribution in [0.3, 0.4) is 0 Å². The number of piperazine rings is 1. The van der Waals surface area contributed by atoms with Crippen molar-refractivity contribution in [3.63, 3.8) is 0 Å². The van der Waals surface area contributed by atoms with Gasteiger partial charge in [-0.3, -0.25) is 9.79 Å². The van der Waals surface area contributed by atoms with Crippen LogP contribution in [0.25, 0.3) is 0 Å². The van der Waals surface area contributed by atoms with Crippen LogP contribution in [0.2, 0.25) is 0 Å². The van der Waals surface area contributed by atoms with E-state index in [-0.39, 0.29) is 23.7 Å². The molecule has 0 aromatic heterocycles. The number of carbonyl (C=O) groups excluding carboxylic acids is 1. The molecule has 2 N–H and O–H groups in total. The zero-order chi connectivity index (χ0) is 21.7. The molecule has 4 rings (SSSR count). The van der Waals surface area contributed by atoms with Gasteiger partial charge in [0.05, 0.1) is 6.54 Å². The Kier molecular flexibility index (Phi) is 6.39. The summed E-state index contributed by atoms with van der Waals surface area (Å²) in [7, 11) is 1.68. The summed E-state index contributed by atoms with van der Waals surface area (Å²) in [5.41, 5.74) is 1.77. The number of hydrogen-bond donors (Lipinski definition) is 2. The second-order valence-electron chi connectivity index (χ2n) is 8.24. The minimum absolute atomic E-state index is 0.0610. The van der Waals surface area contributed by atoms with E-state index in [0.29, 0.717) is 25.6 Å². The molecular formula is C24H30FN5O. The molecule has 1 aliphatic carbocycles. The van der Waals surface area contributed by atoms with E-state index in [1.165, 1.54) is 11.8 Å². The lowest BCUT2D eigenvalue weighted by atomic mass is 9.95. The number of carbonyl (C=O) groups is 1. The van der Waals surface area contributed by atoms with Crippen LogP contribution in [0, 0.1) is 5.82 Å². The number of nitrogens with zero attached hydrogens (tertiary/aromatic N) is 3. The lowest BCUT2D eigenvalue weighted by Gasteiger charge is -2.36. The van der Waals surface area contributed by atoms with Crippen LogP contribution < -0.4 is 15.5 Å².